The summed E-state index contributed by atoms with van der Waals surface area (Å²) in [7, 11) is 0. The molecule has 5 nitrogen and oxygen atoms in total. The zero-order chi connectivity index (χ0) is 14.3. The highest BCUT2D eigenvalue weighted by Crippen LogP contribution is 2.27. The molecule has 1 aliphatic rings. The molecule has 5 heteroatoms. The number of hydrogen-bond donors (Lipinski definition) is 1. The average molecular weight is 264 g/mol. The van der Waals surface area contributed by atoms with Crippen molar-refractivity contribution < 1.29 is 14.3 Å². The molecule has 1 fully saturated rings. The van der Waals surface area contributed by atoms with Crippen LogP contribution in [0.15, 0.2) is 11.6 Å². The smallest absolute Gasteiger partial charge is 0.331 e. The molecule has 0 unspecified atom stereocenters. The molecule has 19 heavy (non-hydrogen) atoms. The summed E-state index contributed by atoms with van der Waals surface area (Å²) in [5.74, 6) is -0.955. The Labute approximate surface area is 113 Å². The van der Waals surface area contributed by atoms with Crippen molar-refractivity contribution in [2.45, 2.75) is 51.5 Å². The van der Waals surface area contributed by atoms with Gasteiger partial charge in [-0.1, -0.05) is 24.8 Å². The lowest BCUT2D eigenvalue weighted by atomic mass is 9.83. The maximum absolute atomic E-state index is 11.7. The van der Waals surface area contributed by atoms with E-state index < -0.39 is 17.4 Å². The third-order valence-electron chi connectivity index (χ3n) is 3.05. The summed E-state index contributed by atoms with van der Waals surface area (Å²) in [6, 6.07) is 2.18. The normalized spacial score (nSPS) is 16.9. The monoisotopic (exact) mass is 264 g/mol. The average Bonchev–Trinajstić information content (AvgIpc) is 2.37. The van der Waals surface area contributed by atoms with Crippen molar-refractivity contribution in [2.24, 2.45) is 0 Å². The number of nitriles is 1. The van der Waals surface area contributed by atoms with Crippen LogP contribution in [-0.2, 0) is 14.3 Å². The van der Waals surface area contributed by atoms with E-state index in [9.17, 15) is 14.9 Å². The van der Waals surface area contributed by atoms with Crippen molar-refractivity contribution in [1.82, 2.24) is 5.32 Å². The molecule has 0 aromatic heterocycles. The molecule has 0 saturated heterocycles. The van der Waals surface area contributed by atoms with Gasteiger partial charge in [-0.05, 0) is 26.7 Å². The van der Waals surface area contributed by atoms with E-state index >= 15 is 0 Å². The lowest BCUT2D eigenvalue weighted by Gasteiger charge is -2.31. The third-order valence-corrected chi connectivity index (χ3v) is 3.05. The fourth-order valence-electron chi connectivity index (χ4n) is 2.14. The molecule has 1 N–H and O–H groups in total. The number of esters is 1. The van der Waals surface area contributed by atoms with Crippen LogP contribution in [0, 0.1) is 11.3 Å². The highest BCUT2D eigenvalue weighted by atomic mass is 16.5. The first-order valence-corrected chi connectivity index (χ1v) is 6.51. The van der Waals surface area contributed by atoms with E-state index in [0.717, 1.165) is 24.8 Å². The van der Waals surface area contributed by atoms with Gasteiger partial charge in [0, 0.05) is 6.08 Å². The van der Waals surface area contributed by atoms with Crippen LogP contribution in [0.25, 0.3) is 0 Å². The Hall–Kier alpha value is -1.83. The van der Waals surface area contributed by atoms with Crippen molar-refractivity contribution in [1.29, 1.82) is 5.26 Å². The molecular formula is C14H20N2O3. The number of carbonyl (C=O) groups excluding carboxylic acids is 2. The fourth-order valence-corrected chi connectivity index (χ4v) is 2.14. The van der Waals surface area contributed by atoms with E-state index in [1.807, 2.05) is 0 Å². The van der Waals surface area contributed by atoms with E-state index in [2.05, 4.69) is 11.4 Å². The van der Waals surface area contributed by atoms with Crippen LogP contribution in [0.1, 0.15) is 46.0 Å². The lowest BCUT2D eigenvalue weighted by Crippen LogP contribution is -2.49. The molecule has 0 aromatic rings. The molecule has 0 aliphatic heterocycles. The van der Waals surface area contributed by atoms with E-state index in [1.165, 1.54) is 6.08 Å². The number of rotatable bonds is 4. The Kier molecular flexibility index (Phi) is 5.56. The molecule has 0 bridgehead atoms. The highest BCUT2D eigenvalue weighted by Gasteiger charge is 2.33. The molecule has 0 spiro atoms. The maximum atomic E-state index is 11.7. The van der Waals surface area contributed by atoms with Crippen LogP contribution < -0.4 is 5.32 Å². The Morgan fingerprint density at radius 2 is 1.95 bits per heavy atom. The summed E-state index contributed by atoms with van der Waals surface area (Å²) in [5, 5.41) is 11.9. The van der Waals surface area contributed by atoms with Crippen LogP contribution >= 0.6 is 0 Å². The van der Waals surface area contributed by atoms with Crippen LogP contribution in [0.2, 0.25) is 0 Å². The summed E-state index contributed by atoms with van der Waals surface area (Å²) < 4.78 is 4.81. The zero-order valence-electron chi connectivity index (χ0n) is 11.5. The minimum absolute atomic E-state index is 0.341. The SMILES string of the molecule is CC(C)=CC(=O)OCC(=O)NC1(C#N)CCCCC1. The van der Waals surface area contributed by atoms with Gasteiger partial charge in [0.15, 0.2) is 6.61 Å². The van der Waals surface area contributed by atoms with Crippen LogP contribution in [0.4, 0.5) is 0 Å². The topological polar surface area (TPSA) is 79.2 Å². The molecule has 1 amide bonds. The largest absolute Gasteiger partial charge is 0.452 e. The number of carbonyl (C=O) groups is 2. The van der Waals surface area contributed by atoms with Gasteiger partial charge < -0.3 is 10.1 Å². The minimum atomic E-state index is -0.780. The second kappa shape index (κ2) is 6.93. The summed E-state index contributed by atoms with van der Waals surface area (Å²) >= 11 is 0. The van der Waals surface area contributed by atoms with Gasteiger partial charge in [-0.15, -0.1) is 0 Å². The second-order valence-corrected chi connectivity index (χ2v) is 5.13. The maximum Gasteiger partial charge on any atom is 0.331 e. The number of allylic oxidation sites excluding steroid dienone is 1. The Balaban J connectivity index is 2.44. The number of nitrogens with one attached hydrogen (secondary N) is 1. The Morgan fingerprint density at radius 1 is 1.32 bits per heavy atom. The number of ether oxygens (including phenoxy) is 1. The summed E-state index contributed by atoms with van der Waals surface area (Å²) in [4.78, 5) is 23.0. The van der Waals surface area contributed by atoms with Gasteiger partial charge in [0.25, 0.3) is 5.91 Å². The fraction of sp³-hybridized carbons (Fsp3) is 0.643. The predicted molar refractivity (Wildman–Crippen MR) is 70.0 cm³/mol. The van der Waals surface area contributed by atoms with Gasteiger partial charge in [-0.25, -0.2) is 4.79 Å². The highest BCUT2D eigenvalue weighted by molar-refractivity contribution is 5.86. The Bertz CT molecular complexity index is 411. The van der Waals surface area contributed by atoms with E-state index in [4.69, 9.17) is 4.74 Å². The predicted octanol–water partition coefficient (Wildman–Crippen LogP) is 1.84. The molecule has 0 radical (unpaired) electrons. The molecule has 104 valence electrons. The van der Waals surface area contributed by atoms with Crippen molar-refractivity contribution in [3.63, 3.8) is 0 Å². The number of amides is 1. The van der Waals surface area contributed by atoms with E-state index in [1.54, 1.807) is 13.8 Å². The van der Waals surface area contributed by atoms with Crippen molar-refractivity contribution in [3.05, 3.63) is 11.6 Å². The lowest BCUT2D eigenvalue weighted by molar-refractivity contribution is -0.144. The van der Waals surface area contributed by atoms with E-state index in [-0.39, 0.29) is 6.61 Å². The number of nitrogens with zero attached hydrogens (tertiary/aromatic N) is 1. The molecule has 1 aliphatic carbocycles. The number of hydrogen-bond acceptors (Lipinski definition) is 4. The minimum Gasteiger partial charge on any atom is -0.452 e. The third kappa shape index (κ3) is 5.12. The zero-order valence-corrected chi connectivity index (χ0v) is 11.5. The van der Waals surface area contributed by atoms with Crippen molar-refractivity contribution in [2.75, 3.05) is 6.61 Å². The first kappa shape index (κ1) is 15.2. The van der Waals surface area contributed by atoms with Gasteiger partial charge in [-0.3, -0.25) is 4.79 Å². The summed E-state index contributed by atoms with van der Waals surface area (Å²) in [5.41, 5.74) is 0.0318. The Morgan fingerprint density at radius 3 is 2.47 bits per heavy atom. The van der Waals surface area contributed by atoms with Crippen molar-refractivity contribution >= 4 is 11.9 Å². The van der Waals surface area contributed by atoms with E-state index in [0.29, 0.717) is 12.8 Å². The van der Waals surface area contributed by atoms with Crippen LogP contribution in [-0.4, -0.2) is 24.0 Å². The standard InChI is InChI=1S/C14H20N2O3/c1-11(2)8-13(18)19-9-12(17)16-14(10-15)6-4-3-5-7-14/h8H,3-7,9H2,1-2H3,(H,16,17). The quantitative estimate of drug-likeness (QED) is 0.620. The molecule has 0 heterocycles. The second-order valence-electron chi connectivity index (χ2n) is 5.13. The first-order chi connectivity index (χ1) is 8.97. The van der Waals surface area contributed by atoms with Gasteiger partial charge in [0.1, 0.15) is 5.54 Å². The van der Waals surface area contributed by atoms with Gasteiger partial charge in [-0.2, -0.15) is 5.26 Å². The van der Waals surface area contributed by atoms with Gasteiger partial charge in [0.05, 0.1) is 6.07 Å². The van der Waals surface area contributed by atoms with Gasteiger partial charge >= 0.3 is 5.97 Å². The van der Waals surface area contributed by atoms with Crippen molar-refractivity contribution in [3.8, 4) is 6.07 Å². The van der Waals surface area contributed by atoms with Crippen LogP contribution in [0.3, 0.4) is 0 Å². The first-order valence-electron chi connectivity index (χ1n) is 6.51. The van der Waals surface area contributed by atoms with Gasteiger partial charge in [0.2, 0.25) is 0 Å². The summed E-state index contributed by atoms with van der Waals surface area (Å²) in [6.07, 6.45) is 5.62. The summed E-state index contributed by atoms with van der Waals surface area (Å²) in [6.45, 7) is 3.20. The molecule has 0 aromatic carbocycles. The van der Waals surface area contributed by atoms with Crippen LogP contribution in [0.5, 0.6) is 0 Å². The molecule has 1 saturated carbocycles. The molecule has 0 atom stereocenters. The molecule has 1 rings (SSSR count). The molecular weight excluding hydrogens is 244 g/mol.